The molecule has 1 amide bonds. The summed E-state index contributed by atoms with van der Waals surface area (Å²) in [5.41, 5.74) is 2.27. The number of benzene rings is 1. The predicted octanol–water partition coefficient (Wildman–Crippen LogP) is 2.53. The number of amides is 1. The Kier molecular flexibility index (Phi) is 5.32. The van der Waals surface area contributed by atoms with Crippen LogP contribution >= 0.6 is 0 Å². The fourth-order valence-electron chi connectivity index (χ4n) is 3.73. The summed E-state index contributed by atoms with van der Waals surface area (Å²) in [4.78, 5) is 16.7. The van der Waals surface area contributed by atoms with E-state index in [4.69, 9.17) is 9.26 Å². The molecule has 2 aliphatic rings. The molecule has 0 atom stereocenters. The first kappa shape index (κ1) is 17.2. The second-order valence-electron chi connectivity index (χ2n) is 7.06. The van der Waals surface area contributed by atoms with Crippen LogP contribution in [0.1, 0.15) is 40.6 Å². The van der Waals surface area contributed by atoms with E-state index in [0.717, 1.165) is 38.2 Å². The number of likely N-dealkylation sites (tertiary alicyclic amines) is 1. The van der Waals surface area contributed by atoms with Crippen LogP contribution in [-0.2, 0) is 11.3 Å². The van der Waals surface area contributed by atoms with Gasteiger partial charge in [-0.05, 0) is 31.5 Å². The number of rotatable bonds is 4. The number of nitrogens with zero attached hydrogens (tertiary/aromatic N) is 3. The lowest BCUT2D eigenvalue weighted by Crippen LogP contribution is -2.40. The van der Waals surface area contributed by atoms with Gasteiger partial charge in [0.25, 0.3) is 5.91 Å². The third kappa shape index (κ3) is 3.97. The maximum Gasteiger partial charge on any atom is 0.292 e. The molecular weight excluding hydrogens is 330 g/mol. The summed E-state index contributed by atoms with van der Waals surface area (Å²) in [5, 5.41) is 4.19. The van der Waals surface area contributed by atoms with E-state index in [1.54, 1.807) is 4.90 Å². The molecule has 1 aromatic heterocycles. The number of carbonyl (C=O) groups is 1. The van der Waals surface area contributed by atoms with Crippen LogP contribution in [0.4, 0.5) is 0 Å². The first-order chi connectivity index (χ1) is 12.8. The fraction of sp³-hybridized carbons (Fsp3) is 0.500. The minimum Gasteiger partial charge on any atom is -0.378 e. The quantitative estimate of drug-likeness (QED) is 0.843. The molecule has 0 aliphatic carbocycles. The van der Waals surface area contributed by atoms with Crippen molar-refractivity contribution >= 4 is 5.91 Å². The normalized spacial score (nSPS) is 19.6. The zero-order valence-electron chi connectivity index (χ0n) is 15.0. The molecule has 0 N–H and O–H groups in total. The topological polar surface area (TPSA) is 58.8 Å². The molecule has 0 bridgehead atoms. The van der Waals surface area contributed by atoms with Gasteiger partial charge in [-0.25, -0.2) is 0 Å². The van der Waals surface area contributed by atoms with E-state index in [2.05, 4.69) is 40.4 Å². The molecule has 0 saturated carbocycles. The van der Waals surface area contributed by atoms with Crippen molar-refractivity contribution in [2.75, 3.05) is 39.4 Å². The average molecular weight is 355 g/mol. The molecule has 0 spiro atoms. The van der Waals surface area contributed by atoms with Crippen LogP contribution in [0.5, 0.6) is 0 Å². The summed E-state index contributed by atoms with van der Waals surface area (Å²) in [6, 6.07) is 12.4. The van der Waals surface area contributed by atoms with Crippen LogP contribution in [0, 0.1) is 0 Å². The predicted molar refractivity (Wildman–Crippen MR) is 96.9 cm³/mol. The minimum absolute atomic E-state index is 0.0754. The Morgan fingerprint density at radius 1 is 1.08 bits per heavy atom. The number of piperidine rings is 1. The van der Waals surface area contributed by atoms with Crippen molar-refractivity contribution in [2.24, 2.45) is 0 Å². The molecule has 2 saturated heterocycles. The van der Waals surface area contributed by atoms with Crippen molar-refractivity contribution < 1.29 is 14.1 Å². The molecule has 6 nitrogen and oxygen atoms in total. The van der Waals surface area contributed by atoms with Crippen LogP contribution in [-0.4, -0.2) is 60.3 Å². The van der Waals surface area contributed by atoms with E-state index in [1.165, 1.54) is 5.56 Å². The molecule has 138 valence electrons. The molecule has 2 fully saturated rings. The lowest BCUT2D eigenvalue weighted by molar-refractivity contribution is 0.0277. The molecule has 1 aromatic carbocycles. The first-order valence-electron chi connectivity index (χ1n) is 9.39. The number of ether oxygens (including phenoxy) is 1. The third-order valence-corrected chi connectivity index (χ3v) is 5.29. The van der Waals surface area contributed by atoms with Gasteiger partial charge in [0.15, 0.2) is 0 Å². The van der Waals surface area contributed by atoms with Crippen molar-refractivity contribution in [1.82, 2.24) is 15.0 Å². The van der Waals surface area contributed by atoms with Gasteiger partial charge in [0.2, 0.25) is 5.76 Å². The standard InChI is InChI=1S/C20H25N3O3/c24-20(23-10-12-25-13-11-23)19-14-18(21-26-19)17-6-8-22(9-7-17)15-16-4-2-1-3-5-16/h1-5,14,17H,6-13,15H2. The SMILES string of the molecule is O=C(c1cc(C2CCN(Cc3ccccc3)CC2)no1)N1CCOCC1. The molecular formula is C20H25N3O3. The first-order valence-corrected chi connectivity index (χ1v) is 9.39. The highest BCUT2D eigenvalue weighted by molar-refractivity contribution is 5.91. The molecule has 2 aliphatic heterocycles. The van der Waals surface area contributed by atoms with E-state index in [0.29, 0.717) is 38.0 Å². The van der Waals surface area contributed by atoms with Gasteiger partial charge in [-0.15, -0.1) is 0 Å². The Bertz CT molecular complexity index is 717. The summed E-state index contributed by atoms with van der Waals surface area (Å²) < 4.78 is 10.7. The summed E-state index contributed by atoms with van der Waals surface area (Å²) in [6.07, 6.45) is 2.09. The summed E-state index contributed by atoms with van der Waals surface area (Å²) in [6.45, 7) is 5.49. The summed E-state index contributed by atoms with van der Waals surface area (Å²) >= 11 is 0. The number of morpholine rings is 1. The maximum absolute atomic E-state index is 12.5. The highest BCUT2D eigenvalue weighted by atomic mass is 16.5. The largest absolute Gasteiger partial charge is 0.378 e. The lowest BCUT2D eigenvalue weighted by Gasteiger charge is -2.31. The van der Waals surface area contributed by atoms with E-state index >= 15 is 0 Å². The second-order valence-corrected chi connectivity index (χ2v) is 7.06. The Hall–Kier alpha value is -2.18. The van der Waals surface area contributed by atoms with Crippen molar-refractivity contribution in [3.8, 4) is 0 Å². The van der Waals surface area contributed by atoms with Gasteiger partial charge in [0, 0.05) is 31.6 Å². The van der Waals surface area contributed by atoms with E-state index < -0.39 is 0 Å². The Balaban J connectivity index is 1.32. The van der Waals surface area contributed by atoms with E-state index in [1.807, 2.05) is 6.07 Å². The zero-order valence-corrected chi connectivity index (χ0v) is 15.0. The van der Waals surface area contributed by atoms with Gasteiger partial charge >= 0.3 is 0 Å². The van der Waals surface area contributed by atoms with Crippen LogP contribution in [0.2, 0.25) is 0 Å². The van der Waals surface area contributed by atoms with Crippen molar-refractivity contribution in [3.05, 3.63) is 53.4 Å². The number of hydrogen-bond donors (Lipinski definition) is 0. The fourth-order valence-corrected chi connectivity index (χ4v) is 3.73. The highest BCUT2D eigenvalue weighted by Gasteiger charge is 2.27. The van der Waals surface area contributed by atoms with Gasteiger partial charge in [-0.3, -0.25) is 9.69 Å². The highest BCUT2D eigenvalue weighted by Crippen LogP contribution is 2.28. The molecule has 2 aromatic rings. The molecule has 6 heteroatoms. The minimum atomic E-state index is -0.0754. The Morgan fingerprint density at radius 2 is 1.81 bits per heavy atom. The molecule has 0 unspecified atom stereocenters. The second kappa shape index (κ2) is 8.01. The van der Waals surface area contributed by atoms with Gasteiger partial charge < -0.3 is 14.2 Å². The van der Waals surface area contributed by atoms with Crippen molar-refractivity contribution in [2.45, 2.75) is 25.3 Å². The summed E-state index contributed by atoms with van der Waals surface area (Å²) in [5.74, 6) is 0.652. The van der Waals surface area contributed by atoms with Crippen molar-refractivity contribution in [3.63, 3.8) is 0 Å². The van der Waals surface area contributed by atoms with E-state index in [-0.39, 0.29) is 5.91 Å². The zero-order chi connectivity index (χ0) is 17.8. The number of aromatic nitrogens is 1. The van der Waals surface area contributed by atoms with Crippen LogP contribution < -0.4 is 0 Å². The van der Waals surface area contributed by atoms with Gasteiger partial charge in [0.05, 0.1) is 18.9 Å². The number of hydrogen-bond acceptors (Lipinski definition) is 5. The third-order valence-electron chi connectivity index (χ3n) is 5.29. The monoisotopic (exact) mass is 355 g/mol. The average Bonchev–Trinajstić information content (AvgIpc) is 3.20. The van der Waals surface area contributed by atoms with Crippen molar-refractivity contribution in [1.29, 1.82) is 0 Å². The van der Waals surface area contributed by atoms with Gasteiger partial charge in [-0.1, -0.05) is 35.5 Å². The van der Waals surface area contributed by atoms with Crippen LogP contribution in [0.15, 0.2) is 40.9 Å². The maximum atomic E-state index is 12.5. The van der Waals surface area contributed by atoms with E-state index in [9.17, 15) is 4.79 Å². The number of carbonyl (C=O) groups excluding carboxylic acids is 1. The van der Waals surface area contributed by atoms with Crippen LogP contribution in [0.3, 0.4) is 0 Å². The molecule has 26 heavy (non-hydrogen) atoms. The lowest BCUT2D eigenvalue weighted by atomic mass is 9.93. The smallest absolute Gasteiger partial charge is 0.292 e. The Labute approximate surface area is 153 Å². The Morgan fingerprint density at radius 3 is 2.54 bits per heavy atom. The summed E-state index contributed by atoms with van der Waals surface area (Å²) in [7, 11) is 0. The molecule has 0 radical (unpaired) electrons. The van der Waals surface area contributed by atoms with Crippen LogP contribution in [0.25, 0.3) is 0 Å². The molecule has 3 heterocycles. The van der Waals surface area contributed by atoms with Gasteiger partial charge in [-0.2, -0.15) is 0 Å². The molecule has 4 rings (SSSR count). The van der Waals surface area contributed by atoms with Gasteiger partial charge in [0.1, 0.15) is 0 Å².